The Morgan fingerprint density at radius 2 is 1.59 bits per heavy atom. The van der Waals surface area contributed by atoms with Crippen molar-refractivity contribution in [3.05, 3.63) is 82.6 Å². The molecule has 0 N–H and O–H groups in total. The quantitative estimate of drug-likeness (QED) is 0.261. The first kappa shape index (κ1) is 30.1. The maximum atomic E-state index is 13.8. The van der Waals surface area contributed by atoms with Crippen LogP contribution in [0.2, 0.25) is 5.02 Å². The Morgan fingerprint density at radius 1 is 0.897 bits per heavy atom. The third-order valence-corrected chi connectivity index (χ3v) is 6.72. The molecule has 1 aromatic heterocycles. The molecule has 0 unspecified atom stereocenters. The number of aromatic nitrogens is 1. The summed E-state index contributed by atoms with van der Waals surface area (Å²) in [6.45, 7) is 10.3. The number of carbonyl (C=O) groups excluding carboxylic acids is 2. The second-order valence-electron chi connectivity index (χ2n) is 10.5. The molecule has 0 aliphatic rings. The lowest BCUT2D eigenvalue weighted by atomic mass is 10.1. The zero-order valence-electron chi connectivity index (χ0n) is 23.8. The zero-order chi connectivity index (χ0) is 28.5. The molecule has 0 fully saturated rings. The molecule has 0 saturated carbocycles. The van der Waals surface area contributed by atoms with Crippen LogP contribution in [0.4, 0.5) is 0 Å². The van der Waals surface area contributed by atoms with Gasteiger partial charge in [0.2, 0.25) is 5.91 Å². The smallest absolute Gasteiger partial charge is 0.258 e. The molecule has 210 valence electrons. The van der Waals surface area contributed by atoms with Gasteiger partial charge in [0.1, 0.15) is 18.0 Å². The van der Waals surface area contributed by atoms with Gasteiger partial charge in [-0.25, -0.2) is 0 Å². The van der Waals surface area contributed by atoms with E-state index in [0.29, 0.717) is 48.3 Å². The van der Waals surface area contributed by atoms with Gasteiger partial charge in [-0.05, 0) is 47.7 Å². The topological polar surface area (TPSA) is 64.0 Å². The summed E-state index contributed by atoms with van der Waals surface area (Å²) in [5.74, 6) is 1.10. The number of halogens is 1. The molecule has 39 heavy (non-hydrogen) atoms. The van der Waals surface area contributed by atoms with Gasteiger partial charge in [-0.1, -0.05) is 57.5 Å². The minimum absolute atomic E-state index is 0.0237. The fourth-order valence-corrected chi connectivity index (χ4v) is 4.71. The highest BCUT2D eigenvalue weighted by Gasteiger charge is 2.26. The summed E-state index contributed by atoms with van der Waals surface area (Å²) >= 11 is 6.40. The fraction of sp³-hybridized carbons (Fsp3) is 0.419. The summed E-state index contributed by atoms with van der Waals surface area (Å²) in [4.78, 5) is 30.9. The molecule has 8 heteroatoms. The lowest BCUT2D eigenvalue weighted by Gasteiger charge is -2.30. The predicted molar refractivity (Wildman–Crippen MR) is 156 cm³/mol. The Balaban J connectivity index is 1.84. The van der Waals surface area contributed by atoms with Gasteiger partial charge >= 0.3 is 0 Å². The lowest BCUT2D eigenvalue weighted by Crippen LogP contribution is -2.45. The second-order valence-corrected chi connectivity index (χ2v) is 10.9. The number of rotatable bonds is 13. The third-order valence-electron chi connectivity index (χ3n) is 6.35. The number of hydrogen-bond acceptors (Lipinski definition) is 4. The standard InChI is InChI=1S/C31H40ClN3O4/c1-22(2)17-34(20-25-11-9-15-33(25)19-24-10-7-8-12-28(24)32)30(36)21-35(18-23(3)4)31(37)27-14-13-26(38-5)16-29(27)39-6/h7-16,22-23H,17-21H2,1-6H3. The highest BCUT2D eigenvalue weighted by atomic mass is 35.5. The summed E-state index contributed by atoms with van der Waals surface area (Å²) in [5.41, 5.74) is 2.42. The molecule has 0 spiro atoms. The van der Waals surface area contributed by atoms with Crippen LogP contribution in [-0.2, 0) is 17.9 Å². The molecule has 7 nitrogen and oxygen atoms in total. The lowest BCUT2D eigenvalue weighted by molar-refractivity contribution is -0.133. The molecule has 1 heterocycles. The molecule has 2 amide bonds. The molecule has 2 aromatic carbocycles. The third kappa shape index (κ3) is 8.27. The van der Waals surface area contributed by atoms with Gasteiger partial charge in [0, 0.05) is 42.6 Å². The summed E-state index contributed by atoms with van der Waals surface area (Å²) in [6.07, 6.45) is 2.00. The Bertz CT molecular complexity index is 1250. The van der Waals surface area contributed by atoms with Crippen LogP contribution < -0.4 is 9.47 Å². The van der Waals surface area contributed by atoms with Crippen molar-refractivity contribution in [1.29, 1.82) is 0 Å². The molecule has 0 aliphatic carbocycles. The Labute approximate surface area is 237 Å². The average molecular weight is 554 g/mol. The summed E-state index contributed by atoms with van der Waals surface area (Å²) < 4.78 is 12.9. The van der Waals surface area contributed by atoms with E-state index in [1.165, 1.54) is 7.11 Å². The number of amides is 2. The van der Waals surface area contributed by atoms with E-state index in [9.17, 15) is 9.59 Å². The Hall–Kier alpha value is -3.45. The van der Waals surface area contributed by atoms with Gasteiger partial charge in [-0.3, -0.25) is 9.59 Å². The second kappa shape index (κ2) is 14.1. The van der Waals surface area contributed by atoms with Crippen LogP contribution in [0.25, 0.3) is 0 Å². The first-order chi connectivity index (χ1) is 18.6. The average Bonchev–Trinajstić information content (AvgIpc) is 3.34. The van der Waals surface area contributed by atoms with Crippen molar-refractivity contribution in [3.63, 3.8) is 0 Å². The van der Waals surface area contributed by atoms with Crippen LogP contribution >= 0.6 is 11.6 Å². The number of hydrogen-bond donors (Lipinski definition) is 0. The number of carbonyl (C=O) groups is 2. The van der Waals surface area contributed by atoms with Crippen molar-refractivity contribution in [1.82, 2.24) is 14.4 Å². The van der Waals surface area contributed by atoms with E-state index in [1.807, 2.05) is 61.3 Å². The number of nitrogens with zero attached hydrogens (tertiary/aromatic N) is 3. The highest BCUT2D eigenvalue weighted by molar-refractivity contribution is 6.31. The first-order valence-corrected chi connectivity index (χ1v) is 13.7. The van der Waals surface area contributed by atoms with Crippen molar-refractivity contribution in [3.8, 4) is 11.5 Å². The van der Waals surface area contributed by atoms with Crippen LogP contribution in [0.15, 0.2) is 60.8 Å². The molecular weight excluding hydrogens is 514 g/mol. The van der Waals surface area contributed by atoms with E-state index in [0.717, 1.165) is 11.3 Å². The number of ether oxygens (including phenoxy) is 2. The number of methoxy groups -OCH3 is 2. The van der Waals surface area contributed by atoms with E-state index in [4.69, 9.17) is 21.1 Å². The number of benzene rings is 2. The normalized spacial score (nSPS) is 11.1. The summed E-state index contributed by atoms with van der Waals surface area (Å²) in [7, 11) is 3.08. The molecule has 3 rings (SSSR count). The summed E-state index contributed by atoms with van der Waals surface area (Å²) in [5, 5.41) is 0.712. The van der Waals surface area contributed by atoms with Crippen molar-refractivity contribution in [2.24, 2.45) is 11.8 Å². The van der Waals surface area contributed by atoms with Gasteiger partial charge in [0.15, 0.2) is 0 Å². The van der Waals surface area contributed by atoms with E-state index in [1.54, 1.807) is 30.2 Å². The predicted octanol–water partition coefficient (Wildman–Crippen LogP) is 5.99. The minimum atomic E-state index is -0.247. The largest absolute Gasteiger partial charge is 0.497 e. The SMILES string of the molecule is COc1ccc(C(=O)N(CC(=O)N(Cc2cccn2Cc2ccccc2Cl)CC(C)C)CC(C)C)c(OC)c1. The summed E-state index contributed by atoms with van der Waals surface area (Å²) in [6, 6.07) is 16.9. The van der Waals surface area contributed by atoms with Crippen LogP contribution in [0.5, 0.6) is 11.5 Å². The van der Waals surface area contributed by atoms with E-state index in [-0.39, 0.29) is 30.2 Å². The maximum Gasteiger partial charge on any atom is 0.258 e. The van der Waals surface area contributed by atoms with Crippen LogP contribution in [0.3, 0.4) is 0 Å². The maximum absolute atomic E-state index is 13.8. The van der Waals surface area contributed by atoms with E-state index < -0.39 is 0 Å². The zero-order valence-corrected chi connectivity index (χ0v) is 24.6. The molecule has 0 saturated heterocycles. The minimum Gasteiger partial charge on any atom is -0.497 e. The van der Waals surface area contributed by atoms with Crippen molar-refractivity contribution >= 4 is 23.4 Å². The van der Waals surface area contributed by atoms with E-state index in [2.05, 4.69) is 18.4 Å². The van der Waals surface area contributed by atoms with Crippen molar-refractivity contribution < 1.29 is 19.1 Å². The van der Waals surface area contributed by atoms with Gasteiger partial charge < -0.3 is 23.8 Å². The highest BCUT2D eigenvalue weighted by Crippen LogP contribution is 2.26. The Morgan fingerprint density at radius 3 is 2.23 bits per heavy atom. The molecule has 0 bridgehead atoms. The van der Waals surface area contributed by atoms with Crippen LogP contribution in [-0.4, -0.2) is 60.0 Å². The van der Waals surface area contributed by atoms with Gasteiger partial charge in [-0.2, -0.15) is 0 Å². The molecule has 0 atom stereocenters. The molecule has 0 radical (unpaired) electrons. The van der Waals surface area contributed by atoms with Crippen LogP contribution in [0, 0.1) is 11.8 Å². The molecular formula is C31H40ClN3O4. The monoisotopic (exact) mass is 553 g/mol. The first-order valence-electron chi connectivity index (χ1n) is 13.3. The van der Waals surface area contributed by atoms with Crippen molar-refractivity contribution in [2.45, 2.75) is 40.8 Å². The van der Waals surface area contributed by atoms with Gasteiger partial charge in [0.25, 0.3) is 5.91 Å². The van der Waals surface area contributed by atoms with Crippen LogP contribution in [0.1, 0.15) is 49.3 Å². The fourth-order valence-electron chi connectivity index (χ4n) is 4.52. The Kier molecular flexibility index (Phi) is 10.9. The van der Waals surface area contributed by atoms with Crippen molar-refractivity contribution in [2.75, 3.05) is 33.9 Å². The molecule has 0 aliphatic heterocycles. The van der Waals surface area contributed by atoms with Gasteiger partial charge in [-0.15, -0.1) is 0 Å². The van der Waals surface area contributed by atoms with E-state index >= 15 is 0 Å². The van der Waals surface area contributed by atoms with Gasteiger partial charge in [0.05, 0.1) is 26.3 Å². The molecule has 3 aromatic rings.